The fourth-order valence-corrected chi connectivity index (χ4v) is 2.08. The predicted octanol–water partition coefficient (Wildman–Crippen LogP) is 1.91. The topological polar surface area (TPSA) is 86.5 Å². The van der Waals surface area contributed by atoms with Crippen LogP contribution in [0.25, 0.3) is 0 Å². The summed E-state index contributed by atoms with van der Waals surface area (Å²) in [5, 5.41) is 14.0. The van der Waals surface area contributed by atoms with Crippen LogP contribution < -0.4 is 5.32 Å². The van der Waals surface area contributed by atoms with Gasteiger partial charge in [-0.2, -0.15) is 0 Å². The van der Waals surface area contributed by atoms with E-state index in [1.165, 1.54) is 0 Å². The van der Waals surface area contributed by atoms with Gasteiger partial charge in [-0.25, -0.2) is 4.98 Å². The molecule has 1 aliphatic heterocycles. The summed E-state index contributed by atoms with van der Waals surface area (Å²) in [6.07, 6.45) is 3.47. The van der Waals surface area contributed by atoms with Crippen LogP contribution in [0.4, 0.5) is 11.5 Å². The lowest BCUT2D eigenvalue weighted by Crippen LogP contribution is -2.15. The van der Waals surface area contributed by atoms with Gasteiger partial charge in [0.15, 0.2) is 0 Å². The number of ether oxygens (including phenoxy) is 2. The third-order valence-corrected chi connectivity index (χ3v) is 3.16. The van der Waals surface area contributed by atoms with Crippen LogP contribution in [0, 0.1) is 17.0 Å². The number of rotatable bonds is 7. The van der Waals surface area contributed by atoms with Crippen LogP contribution in [0.5, 0.6) is 0 Å². The number of hydrogen-bond acceptors (Lipinski definition) is 6. The molecule has 0 aromatic carbocycles. The predicted molar refractivity (Wildman–Crippen MR) is 73.9 cm³/mol. The number of aryl methyl sites for hydroxylation is 1. The van der Waals surface area contributed by atoms with Crippen LogP contribution in [0.2, 0.25) is 0 Å². The fourth-order valence-electron chi connectivity index (χ4n) is 2.08. The molecule has 20 heavy (non-hydrogen) atoms. The maximum atomic E-state index is 11.0. The van der Waals surface area contributed by atoms with Crippen LogP contribution in [0.3, 0.4) is 0 Å². The first kappa shape index (κ1) is 14.7. The molecule has 110 valence electrons. The first-order valence-corrected chi connectivity index (χ1v) is 6.71. The molecule has 1 saturated heterocycles. The van der Waals surface area contributed by atoms with E-state index < -0.39 is 4.92 Å². The highest BCUT2D eigenvalue weighted by molar-refractivity contribution is 5.59. The second-order valence-electron chi connectivity index (χ2n) is 4.72. The lowest BCUT2D eigenvalue weighted by atomic mass is 10.2. The van der Waals surface area contributed by atoms with Crippen LogP contribution in [0.1, 0.15) is 18.4 Å². The molecule has 1 atom stereocenters. The zero-order chi connectivity index (χ0) is 14.4. The largest absolute Gasteiger partial charge is 0.379 e. The zero-order valence-corrected chi connectivity index (χ0v) is 11.5. The summed E-state index contributed by atoms with van der Waals surface area (Å²) in [6.45, 7) is 4.33. The SMILES string of the molecule is Cc1ccnc(NCCCOC2CCOC2)c1[N+](=O)[O-]. The molecule has 7 heteroatoms. The second-order valence-corrected chi connectivity index (χ2v) is 4.72. The maximum absolute atomic E-state index is 11.0. The van der Waals surface area contributed by atoms with Crippen molar-refractivity contribution in [1.29, 1.82) is 0 Å². The Labute approximate surface area is 117 Å². The summed E-state index contributed by atoms with van der Waals surface area (Å²) in [6, 6.07) is 1.63. The molecule has 1 fully saturated rings. The first-order chi connectivity index (χ1) is 9.68. The summed E-state index contributed by atoms with van der Waals surface area (Å²) in [7, 11) is 0. The van der Waals surface area contributed by atoms with Crippen molar-refractivity contribution in [2.45, 2.75) is 25.9 Å². The van der Waals surface area contributed by atoms with Crippen molar-refractivity contribution < 1.29 is 14.4 Å². The van der Waals surface area contributed by atoms with Gasteiger partial charge in [0.1, 0.15) is 0 Å². The third-order valence-electron chi connectivity index (χ3n) is 3.16. The van der Waals surface area contributed by atoms with Gasteiger partial charge >= 0.3 is 5.69 Å². The molecule has 1 N–H and O–H groups in total. The molecule has 0 amide bonds. The summed E-state index contributed by atoms with van der Waals surface area (Å²) >= 11 is 0. The number of aromatic nitrogens is 1. The van der Waals surface area contributed by atoms with Crippen LogP contribution in [-0.2, 0) is 9.47 Å². The van der Waals surface area contributed by atoms with Gasteiger partial charge in [0.05, 0.1) is 17.6 Å². The Bertz CT molecular complexity index is 461. The van der Waals surface area contributed by atoms with Gasteiger partial charge in [-0.15, -0.1) is 0 Å². The minimum absolute atomic E-state index is 0.0395. The summed E-state index contributed by atoms with van der Waals surface area (Å²) < 4.78 is 10.8. The van der Waals surface area contributed by atoms with Crippen molar-refractivity contribution in [2.24, 2.45) is 0 Å². The normalized spacial score (nSPS) is 18.1. The van der Waals surface area contributed by atoms with Crippen LogP contribution in [-0.4, -0.2) is 42.4 Å². The Morgan fingerprint density at radius 1 is 1.65 bits per heavy atom. The minimum atomic E-state index is -0.406. The molecule has 0 radical (unpaired) electrons. The van der Waals surface area contributed by atoms with Crippen LogP contribution >= 0.6 is 0 Å². The summed E-state index contributed by atoms with van der Waals surface area (Å²) in [4.78, 5) is 14.6. The molecule has 1 unspecified atom stereocenters. The average molecular weight is 281 g/mol. The monoisotopic (exact) mass is 281 g/mol. The van der Waals surface area contributed by atoms with Gasteiger partial charge in [-0.3, -0.25) is 10.1 Å². The average Bonchev–Trinajstić information content (AvgIpc) is 2.91. The molecule has 1 aromatic rings. The lowest BCUT2D eigenvalue weighted by molar-refractivity contribution is -0.384. The smallest absolute Gasteiger partial charge is 0.314 e. The van der Waals surface area contributed by atoms with E-state index in [2.05, 4.69) is 10.3 Å². The van der Waals surface area contributed by atoms with Gasteiger partial charge < -0.3 is 14.8 Å². The highest BCUT2D eigenvalue weighted by Gasteiger charge is 2.18. The Kier molecular flexibility index (Phi) is 5.25. The van der Waals surface area contributed by atoms with Gasteiger partial charge in [-0.05, 0) is 25.8 Å². The van der Waals surface area contributed by atoms with Crippen molar-refractivity contribution in [3.05, 3.63) is 27.9 Å². The molecule has 1 aromatic heterocycles. The number of anilines is 1. The molecule has 0 spiro atoms. The molecule has 1 aliphatic rings. The van der Waals surface area contributed by atoms with Crippen molar-refractivity contribution in [2.75, 3.05) is 31.7 Å². The van der Waals surface area contributed by atoms with E-state index in [9.17, 15) is 10.1 Å². The molecule has 0 aliphatic carbocycles. The Morgan fingerprint density at radius 3 is 3.20 bits per heavy atom. The Morgan fingerprint density at radius 2 is 2.50 bits per heavy atom. The fraction of sp³-hybridized carbons (Fsp3) is 0.615. The van der Waals surface area contributed by atoms with E-state index in [1.54, 1.807) is 19.2 Å². The number of hydrogen-bond donors (Lipinski definition) is 1. The number of nitrogens with zero attached hydrogens (tertiary/aromatic N) is 2. The van der Waals surface area contributed by atoms with Gasteiger partial charge in [0, 0.05) is 31.5 Å². The molecule has 0 bridgehead atoms. The van der Waals surface area contributed by atoms with Crippen LogP contribution in [0.15, 0.2) is 12.3 Å². The third kappa shape index (κ3) is 3.88. The van der Waals surface area contributed by atoms with Gasteiger partial charge in [-0.1, -0.05) is 0 Å². The van der Waals surface area contributed by atoms with Crippen molar-refractivity contribution in [3.63, 3.8) is 0 Å². The van der Waals surface area contributed by atoms with Gasteiger partial charge in [0.2, 0.25) is 5.82 Å². The molecule has 0 saturated carbocycles. The Hall–Kier alpha value is -1.73. The van der Waals surface area contributed by atoms with E-state index in [1.807, 2.05) is 0 Å². The summed E-state index contributed by atoms with van der Waals surface area (Å²) in [5.74, 6) is 0.319. The quantitative estimate of drug-likeness (QED) is 0.466. The second kappa shape index (κ2) is 7.16. The Balaban J connectivity index is 1.76. The lowest BCUT2D eigenvalue weighted by Gasteiger charge is -2.10. The molecule has 2 rings (SSSR count). The van der Waals surface area contributed by atoms with E-state index in [-0.39, 0.29) is 11.8 Å². The van der Waals surface area contributed by atoms with E-state index in [0.29, 0.717) is 31.1 Å². The number of pyridine rings is 1. The van der Waals surface area contributed by atoms with Gasteiger partial charge in [0.25, 0.3) is 0 Å². The molecule has 7 nitrogen and oxygen atoms in total. The minimum Gasteiger partial charge on any atom is -0.379 e. The van der Waals surface area contributed by atoms with Crippen molar-refractivity contribution >= 4 is 11.5 Å². The number of nitro groups is 1. The molecular weight excluding hydrogens is 262 g/mol. The number of nitrogens with one attached hydrogen (secondary N) is 1. The summed E-state index contributed by atoms with van der Waals surface area (Å²) in [5.41, 5.74) is 0.643. The first-order valence-electron chi connectivity index (χ1n) is 6.71. The van der Waals surface area contributed by atoms with Crippen molar-refractivity contribution in [3.8, 4) is 0 Å². The van der Waals surface area contributed by atoms with E-state index in [0.717, 1.165) is 19.4 Å². The zero-order valence-electron chi connectivity index (χ0n) is 11.5. The highest BCUT2D eigenvalue weighted by Crippen LogP contribution is 2.25. The molecular formula is C13H19N3O4. The molecule has 2 heterocycles. The maximum Gasteiger partial charge on any atom is 0.314 e. The van der Waals surface area contributed by atoms with E-state index >= 15 is 0 Å². The van der Waals surface area contributed by atoms with E-state index in [4.69, 9.17) is 9.47 Å². The van der Waals surface area contributed by atoms with Crippen molar-refractivity contribution in [1.82, 2.24) is 4.98 Å². The highest BCUT2D eigenvalue weighted by atomic mass is 16.6. The standard InChI is InChI=1S/C13H19N3O4/c1-10-3-6-15-13(12(10)16(17)18)14-5-2-7-20-11-4-8-19-9-11/h3,6,11H,2,4-5,7-9H2,1H3,(H,14,15).